The standard InChI is InChI=1S/C11H16N6/c1-7-15-16-11-10(13-5-6-17(7)11)14-9-4-2-3-8(9)12/h5-6,8-9H,2-4,12H2,1H3,(H,13,14). The van der Waals surface area contributed by atoms with E-state index < -0.39 is 0 Å². The van der Waals surface area contributed by atoms with Gasteiger partial charge in [-0.15, -0.1) is 10.2 Å². The van der Waals surface area contributed by atoms with Gasteiger partial charge in [-0.3, -0.25) is 4.40 Å². The van der Waals surface area contributed by atoms with Gasteiger partial charge in [0.2, 0.25) is 5.65 Å². The van der Waals surface area contributed by atoms with Gasteiger partial charge in [0.1, 0.15) is 5.82 Å². The fourth-order valence-corrected chi connectivity index (χ4v) is 2.39. The molecule has 3 rings (SSSR count). The van der Waals surface area contributed by atoms with Crippen molar-refractivity contribution in [1.29, 1.82) is 0 Å². The van der Waals surface area contributed by atoms with Crippen LogP contribution in [0.25, 0.3) is 5.65 Å². The number of nitrogens with one attached hydrogen (secondary N) is 1. The molecule has 0 radical (unpaired) electrons. The molecule has 6 nitrogen and oxygen atoms in total. The van der Waals surface area contributed by atoms with E-state index in [0.717, 1.165) is 30.1 Å². The third-order valence-corrected chi connectivity index (χ3v) is 3.39. The molecule has 1 aliphatic rings. The van der Waals surface area contributed by atoms with Crippen LogP contribution in [0, 0.1) is 6.92 Å². The first-order valence-corrected chi connectivity index (χ1v) is 5.94. The molecule has 0 bridgehead atoms. The maximum Gasteiger partial charge on any atom is 0.203 e. The molecule has 0 saturated heterocycles. The van der Waals surface area contributed by atoms with E-state index in [0.29, 0.717) is 6.04 Å². The molecule has 0 amide bonds. The first kappa shape index (κ1) is 10.5. The Bertz CT molecular complexity index is 534. The number of hydrogen-bond donors (Lipinski definition) is 2. The molecule has 2 aromatic rings. The van der Waals surface area contributed by atoms with Crippen LogP contribution in [-0.4, -0.2) is 31.7 Å². The lowest BCUT2D eigenvalue weighted by atomic mass is 10.2. The molecule has 2 aromatic heterocycles. The first-order valence-electron chi connectivity index (χ1n) is 5.94. The van der Waals surface area contributed by atoms with Crippen LogP contribution in [-0.2, 0) is 0 Å². The van der Waals surface area contributed by atoms with Gasteiger partial charge in [-0.25, -0.2) is 4.98 Å². The molecule has 0 aliphatic heterocycles. The minimum Gasteiger partial charge on any atom is -0.363 e. The van der Waals surface area contributed by atoms with Gasteiger partial charge in [0.15, 0.2) is 5.82 Å². The number of aryl methyl sites for hydroxylation is 1. The second-order valence-electron chi connectivity index (χ2n) is 4.56. The average molecular weight is 232 g/mol. The predicted octanol–water partition coefficient (Wildman–Crippen LogP) is 0.724. The fourth-order valence-electron chi connectivity index (χ4n) is 2.39. The Morgan fingerprint density at radius 3 is 3.06 bits per heavy atom. The normalized spacial score (nSPS) is 24.4. The van der Waals surface area contributed by atoms with E-state index in [1.54, 1.807) is 6.20 Å². The zero-order valence-electron chi connectivity index (χ0n) is 9.80. The third-order valence-electron chi connectivity index (χ3n) is 3.39. The summed E-state index contributed by atoms with van der Waals surface area (Å²) in [7, 11) is 0. The molecule has 2 heterocycles. The lowest BCUT2D eigenvalue weighted by Crippen LogP contribution is -2.35. The Kier molecular flexibility index (Phi) is 2.44. The van der Waals surface area contributed by atoms with Crippen LogP contribution in [0.4, 0.5) is 5.82 Å². The highest BCUT2D eigenvalue weighted by molar-refractivity contribution is 5.62. The van der Waals surface area contributed by atoms with Crippen molar-refractivity contribution in [2.75, 3.05) is 5.32 Å². The van der Waals surface area contributed by atoms with Crippen LogP contribution in [0.5, 0.6) is 0 Å². The number of anilines is 1. The minimum atomic E-state index is 0.209. The molecule has 2 unspecified atom stereocenters. The molecule has 6 heteroatoms. The Morgan fingerprint density at radius 1 is 1.41 bits per heavy atom. The van der Waals surface area contributed by atoms with E-state index in [2.05, 4.69) is 20.5 Å². The van der Waals surface area contributed by atoms with E-state index >= 15 is 0 Å². The van der Waals surface area contributed by atoms with Crippen LogP contribution in [0.2, 0.25) is 0 Å². The third kappa shape index (κ3) is 1.74. The summed E-state index contributed by atoms with van der Waals surface area (Å²) in [6.45, 7) is 1.92. The van der Waals surface area contributed by atoms with Gasteiger partial charge in [0.05, 0.1) is 0 Å². The van der Waals surface area contributed by atoms with Crippen molar-refractivity contribution in [1.82, 2.24) is 19.6 Å². The molecule has 0 spiro atoms. The van der Waals surface area contributed by atoms with Crippen molar-refractivity contribution < 1.29 is 0 Å². The Hall–Kier alpha value is -1.69. The summed E-state index contributed by atoms with van der Waals surface area (Å²) in [5, 5.41) is 11.6. The van der Waals surface area contributed by atoms with Crippen molar-refractivity contribution in [2.24, 2.45) is 5.73 Å². The summed E-state index contributed by atoms with van der Waals surface area (Å²) in [4.78, 5) is 4.33. The van der Waals surface area contributed by atoms with E-state index in [-0.39, 0.29) is 6.04 Å². The second kappa shape index (κ2) is 3.96. The molecule has 1 aliphatic carbocycles. The molecule has 2 atom stereocenters. The largest absolute Gasteiger partial charge is 0.363 e. The maximum atomic E-state index is 6.04. The summed E-state index contributed by atoms with van der Waals surface area (Å²) in [6.07, 6.45) is 6.97. The number of rotatable bonds is 2. The summed E-state index contributed by atoms with van der Waals surface area (Å²) in [5.41, 5.74) is 6.81. The van der Waals surface area contributed by atoms with Gasteiger partial charge in [0.25, 0.3) is 0 Å². The Labute approximate surface area is 99.3 Å². The molecular formula is C11H16N6. The van der Waals surface area contributed by atoms with Crippen molar-refractivity contribution in [2.45, 2.75) is 38.3 Å². The molecule has 0 aromatic carbocycles. The zero-order chi connectivity index (χ0) is 11.8. The van der Waals surface area contributed by atoms with Crippen molar-refractivity contribution in [3.63, 3.8) is 0 Å². The van der Waals surface area contributed by atoms with E-state index in [1.165, 1.54) is 6.42 Å². The number of nitrogens with zero attached hydrogens (tertiary/aromatic N) is 4. The molecule has 1 saturated carbocycles. The Morgan fingerprint density at radius 2 is 2.29 bits per heavy atom. The van der Waals surface area contributed by atoms with Gasteiger partial charge in [-0.2, -0.15) is 0 Å². The average Bonchev–Trinajstić information content (AvgIpc) is 2.89. The van der Waals surface area contributed by atoms with Crippen molar-refractivity contribution in [3.8, 4) is 0 Å². The van der Waals surface area contributed by atoms with Crippen LogP contribution in [0.3, 0.4) is 0 Å². The van der Waals surface area contributed by atoms with Crippen molar-refractivity contribution in [3.05, 3.63) is 18.2 Å². The highest BCUT2D eigenvalue weighted by Gasteiger charge is 2.24. The predicted molar refractivity (Wildman–Crippen MR) is 64.8 cm³/mol. The van der Waals surface area contributed by atoms with Gasteiger partial charge in [-0.05, 0) is 26.2 Å². The summed E-state index contributed by atoms with van der Waals surface area (Å²) < 4.78 is 1.93. The molecule has 1 fully saturated rings. The summed E-state index contributed by atoms with van der Waals surface area (Å²) in [6, 6.07) is 0.506. The van der Waals surface area contributed by atoms with Crippen molar-refractivity contribution >= 4 is 11.5 Å². The number of nitrogens with two attached hydrogens (primary N) is 1. The van der Waals surface area contributed by atoms with Gasteiger partial charge >= 0.3 is 0 Å². The second-order valence-corrected chi connectivity index (χ2v) is 4.56. The van der Waals surface area contributed by atoms with Crippen LogP contribution >= 0.6 is 0 Å². The Balaban J connectivity index is 1.94. The smallest absolute Gasteiger partial charge is 0.203 e. The monoisotopic (exact) mass is 232 g/mol. The lowest BCUT2D eigenvalue weighted by molar-refractivity contribution is 0.635. The molecule has 90 valence electrons. The lowest BCUT2D eigenvalue weighted by Gasteiger charge is -2.17. The molecular weight excluding hydrogens is 216 g/mol. The number of fused-ring (bicyclic) bond motifs is 1. The topological polar surface area (TPSA) is 81.1 Å². The molecule has 3 N–H and O–H groups in total. The number of hydrogen-bond acceptors (Lipinski definition) is 5. The van der Waals surface area contributed by atoms with Gasteiger partial charge in [-0.1, -0.05) is 0 Å². The van der Waals surface area contributed by atoms with E-state index in [9.17, 15) is 0 Å². The first-order chi connectivity index (χ1) is 8.25. The highest BCUT2D eigenvalue weighted by Crippen LogP contribution is 2.22. The maximum absolute atomic E-state index is 6.04. The SMILES string of the molecule is Cc1nnc2c(NC3CCCC3N)nccn12. The zero-order valence-corrected chi connectivity index (χ0v) is 9.80. The van der Waals surface area contributed by atoms with Gasteiger partial charge in [0, 0.05) is 24.5 Å². The van der Waals surface area contributed by atoms with Gasteiger partial charge < -0.3 is 11.1 Å². The fraction of sp³-hybridized carbons (Fsp3) is 0.545. The minimum absolute atomic E-state index is 0.209. The summed E-state index contributed by atoms with van der Waals surface area (Å²) >= 11 is 0. The summed E-state index contributed by atoms with van der Waals surface area (Å²) in [5.74, 6) is 1.64. The van der Waals surface area contributed by atoms with E-state index in [4.69, 9.17) is 5.73 Å². The van der Waals surface area contributed by atoms with Crippen LogP contribution in [0.1, 0.15) is 25.1 Å². The van der Waals surface area contributed by atoms with Crippen LogP contribution in [0.15, 0.2) is 12.4 Å². The molecule has 17 heavy (non-hydrogen) atoms. The number of aromatic nitrogens is 4. The van der Waals surface area contributed by atoms with E-state index in [1.807, 2.05) is 17.5 Å². The highest BCUT2D eigenvalue weighted by atomic mass is 15.3. The van der Waals surface area contributed by atoms with Crippen LogP contribution < -0.4 is 11.1 Å². The quantitative estimate of drug-likeness (QED) is 0.797.